The van der Waals surface area contributed by atoms with Gasteiger partial charge in [0.15, 0.2) is 0 Å². The molecule has 0 saturated heterocycles. The number of hydrogen-bond acceptors (Lipinski definition) is 10. The molecule has 0 aliphatic rings. The summed E-state index contributed by atoms with van der Waals surface area (Å²) >= 11 is 0. The smallest absolute Gasteiger partial charge is 0.307 e. The predicted molar refractivity (Wildman–Crippen MR) is 104 cm³/mol. The third kappa shape index (κ3) is 15.2. The zero-order valence-electron chi connectivity index (χ0n) is 17.7. The van der Waals surface area contributed by atoms with Gasteiger partial charge in [0, 0.05) is 5.41 Å². The second-order valence-electron chi connectivity index (χ2n) is 7.48. The molecule has 0 bridgehead atoms. The first-order valence-electron chi connectivity index (χ1n) is 9.02. The fourth-order valence-electron chi connectivity index (χ4n) is 1.52. The summed E-state index contributed by atoms with van der Waals surface area (Å²) in [6.07, 6.45) is -1.12. The van der Waals surface area contributed by atoms with Crippen LogP contribution in [0.15, 0.2) is 0 Å². The highest BCUT2D eigenvalue weighted by atomic mass is 16.4. The van der Waals surface area contributed by atoms with E-state index in [1.54, 1.807) is 13.8 Å². The normalized spacial score (nSPS) is 12.7. The third-order valence-corrected chi connectivity index (χ3v) is 3.98. The van der Waals surface area contributed by atoms with Crippen LogP contribution in [0.1, 0.15) is 26.7 Å². The van der Waals surface area contributed by atoms with Gasteiger partial charge in [-0.15, -0.1) is 0 Å². The minimum atomic E-state index is -1.76. The maximum atomic E-state index is 10.6. The fraction of sp³-hybridized carbons (Fsp3) is 0.722. The number of carbonyl (C=O) groups excluding carboxylic acids is 1. The summed E-state index contributed by atoms with van der Waals surface area (Å²) in [5.41, 5.74) is -1.65. The van der Waals surface area contributed by atoms with Crippen LogP contribution in [0, 0.1) is 22.7 Å². The molecular weight excluding hydrogens is 440 g/mol. The summed E-state index contributed by atoms with van der Waals surface area (Å²) in [6, 6.07) is 0. The Morgan fingerprint density at radius 1 is 0.656 bits per heavy atom. The Morgan fingerprint density at radius 2 is 0.938 bits per heavy atom. The van der Waals surface area contributed by atoms with Crippen molar-refractivity contribution in [1.82, 2.24) is 0 Å². The van der Waals surface area contributed by atoms with Gasteiger partial charge in [0.05, 0.1) is 63.1 Å². The average molecular weight is 472 g/mol. The third-order valence-electron chi connectivity index (χ3n) is 3.98. The molecule has 14 heteroatoms. The van der Waals surface area contributed by atoms with Crippen LogP contribution in [0.4, 0.5) is 0 Å². The standard InChI is InChI=1S/C8H10O8.C5H12O4.C5H10O2/c9-5(10)1-3(7(13)14)4(8(15)16)2-6(11)12;6-1-5(2-7,3-8)4-9;1-5(2,3-6)4-7/h3-4H,1-2H2,(H,9,10)(H,11,12)(H,13,14)(H,15,16);6-9H,1-4H2;3,7H,4H2,1-2H3. The van der Waals surface area contributed by atoms with Crippen LogP contribution < -0.4 is 0 Å². The Bertz CT molecular complexity index is 547. The summed E-state index contributed by atoms with van der Waals surface area (Å²) in [7, 11) is 0. The first-order valence-corrected chi connectivity index (χ1v) is 9.02. The quantitative estimate of drug-likeness (QED) is 0.125. The van der Waals surface area contributed by atoms with Gasteiger partial charge in [0.2, 0.25) is 0 Å². The summed E-state index contributed by atoms with van der Waals surface area (Å²) in [4.78, 5) is 51.8. The molecule has 0 spiro atoms. The molecule has 0 aromatic carbocycles. The Balaban J connectivity index is -0.000000442. The minimum absolute atomic E-state index is 0.0729. The average Bonchev–Trinajstić information content (AvgIpc) is 2.73. The van der Waals surface area contributed by atoms with Crippen molar-refractivity contribution >= 4 is 30.2 Å². The van der Waals surface area contributed by atoms with Crippen LogP contribution in [0.3, 0.4) is 0 Å². The fourth-order valence-corrected chi connectivity index (χ4v) is 1.52. The SMILES string of the molecule is CC(C)(C=O)CO.O=C(O)CC(C(=O)O)C(CC(=O)O)C(=O)O.OCC(CO)(CO)CO. The number of hydrogen-bond donors (Lipinski definition) is 9. The number of carboxylic acid groups (broad SMARTS) is 4. The molecule has 2 atom stereocenters. The van der Waals surface area contributed by atoms with E-state index in [9.17, 15) is 24.0 Å². The van der Waals surface area contributed by atoms with E-state index in [2.05, 4.69) is 0 Å². The predicted octanol–water partition coefficient (Wildman–Crippen LogP) is -2.52. The molecule has 0 saturated carbocycles. The second kappa shape index (κ2) is 17.0. The Labute approximate surface area is 183 Å². The van der Waals surface area contributed by atoms with Gasteiger partial charge in [-0.05, 0) is 0 Å². The van der Waals surface area contributed by atoms with Gasteiger partial charge < -0.3 is 50.8 Å². The van der Waals surface area contributed by atoms with E-state index >= 15 is 0 Å². The van der Waals surface area contributed by atoms with E-state index in [1.807, 2.05) is 0 Å². The second-order valence-corrected chi connectivity index (χ2v) is 7.48. The molecule has 0 rings (SSSR count). The van der Waals surface area contributed by atoms with Crippen molar-refractivity contribution in [2.24, 2.45) is 22.7 Å². The lowest BCUT2D eigenvalue weighted by Gasteiger charge is -2.23. The molecule has 0 aromatic rings. The first kappa shape index (κ1) is 34.0. The highest BCUT2D eigenvalue weighted by Gasteiger charge is 2.37. The van der Waals surface area contributed by atoms with E-state index in [4.69, 9.17) is 46.0 Å². The zero-order valence-corrected chi connectivity index (χ0v) is 17.7. The van der Waals surface area contributed by atoms with Crippen LogP contribution >= 0.6 is 0 Å². The Morgan fingerprint density at radius 3 is 1.00 bits per heavy atom. The molecule has 32 heavy (non-hydrogen) atoms. The van der Waals surface area contributed by atoms with Gasteiger partial charge in [-0.1, -0.05) is 13.8 Å². The number of carboxylic acids is 4. The monoisotopic (exact) mass is 472 g/mol. The van der Waals surface area contributed by atoms with Crippen molar-refractivity contribution in [3.05, 3.63) is 0 Å². The highest BCUT2D eigenvalue weighted by molar-refractivity contribution is 5.86. The zero-order chi connectivity index (χ0) is 26.1. The lowest BCUT2D eigenvalue weighted by molar-refractivity contribution is -0.160. The maximum absolute atomic E-state index is 10.6. The Hall–Kier alpha value is -2.65. The highest BCUT2D eigenvalue weighted by Crippen LogP contribution is 2.21. The van der Waals surface area contributed by atoms with Crippen molar-refractivity contribution in [3.63, 3.8) is 0 Å². The number of rotatable bonds is 13. The van der Waals surface area contributed by atoms with E-state index in [-0.39, 0.29) is 6.61 Å². The number of aldehydes is 1. The number of carbonyl (C=O) groups is 5. The van der Waals surface area contributed by atoms with E-state index in [0.717, 1.165) is 6.29 Å². The molecule has 0 aliphatic carbocycles. The molecule has 0 fully saturated rings. The van der Waals surface area contributed by atoms with Gasteiger partial charge >= 0.3 is 23.9 Å². The Kier molecular flexibility index (Phi) is 18.0. The van der Waals surface area contributed by atoms with Crippen LogP contribution in [-0.2, 0) is 24.0 Å². The summed E-state index contributed by atoms with van der Waals surface area (Å²) in [6.45, 7) is 1.66. The van der Waals surface area contributed by atoms with Crippen molar-refractivity contribution in [2.45, 2.75) is 26.7 Å². The van der Waals surface area contributed by atoms with Crippen LogP contribution in [0.5, 0.6) is 0 Å². The van der Waals surface area contributed by atoms with Crippen molar-refractivity contribution in [1.29, 1.82) is 0 Å². The first-order chi connectivity index (χ1) is 14.6. The molecule has 9 N–H and O–H groups in total. The van der Waals surface area contributed by atoms with Crippen LogP contribution in [0.25, 0.3) is 0 Å². The molecule has 0 aromatic heterocycles. The molecule has 2 unspecified atom stereocenters. The molecule has 14 nitrogen and oxygen atoms in total. The number of aliphatic hydroxyl groups excluding tert-OH is 5. The molecular formula is C18H32O14. The van der Waals surface area contributed by atoms with Gasteiger partial charge in [0.1, 0.15) is 6.29 Å². The van der Waals surface area contributed by atoms with E-state index in [1.165, 1.54) is 0 Å². The molecule has 0 heterocycles. The van der Waals surface area contributed by atoms with Gasteiger partial charge in [-0.25, -0.2) is 0 Å². The van der Waals surface area contributed by atoms with Gasteiger partial charge in [0.25, 0.3) is 0 Å². The molecule has 0 aliphatic heterocycles. The van der Waals surface area contributed by atoms with E-state index in [0.29, 0.717) is 0 Å². The number of aliphatic hydroxyl groups is 5. The topological polar surface area (TPSA) is 267 Å². The summed E-state index contributed by atoms with van der Waals surface area (Å²) in [5, 5.41) is 76.4. The molecule has 188 valence electrons. The molecule has 0 amide bonds. The van der Waals surface area contributed by atoms with Crippen LogP contribution in [0.2, 0.25) is 0 Å². The largest absolute Gasteiger partial charge is 0.481 e. The van der Waals surface area contributed by atoms with Gasteiger partial charge in [-0.2, -0.15) is 0 Å². The van der Waals surface area contributed by atoms with Crippen LogP contribution in [-0.4, -0.2) is 109 Å². The lowest BCUT2D eigenvalue weighted by Crippen LogP contribution is -2.37. The molecule has 0 radical (unpaired) electrons. The number of aliphatic carboxylic acids is 4. The maximum Gasteiger partial charge on any atom is 0.307 e. The van der Waals surface area contributed by atoms with Crippen molar-refractivity contribution in [3.8, 4) is 0 Å². The summed E-state index contributed by atoms with van der Waals surface area (Å²) < 4.78 is 0. The van der Waals surface area contributed by atoms with Gasteiger partial charge in [-0.3, -0.25) is 19.2 Å². The van der Waals surface area contributed by atoms with Crippen molar-refractivity contribution in [2.75, 3.05) is 33.0 Å². The minimum Gasteiger partial charge on any atom is -0.481 e. The van der Waals surface area contributed by atoms with E-state index < -0.39 is 85.8 Å². The summed E-state index contributed by atoms with van der Waals surface area (Å²) in [5.74, 6) is -9.79. The van der Waals surface area contributed by atoms with Crippen molar-refractivity contribution < 1.29 is 69.9 Å². The lowest BCUT2D eigenvalue weighted by atomic mass is 9.87.